The summed E-state index contributed by atoms with van der Waals surface area (Å²) in [6.45, 7) is 1.92. The number of rotatable bonds is 3. The topological polar surface area (TPSA) is 43.4 Å². The summed E-state index contributed by atoms with van der Waals surface area (Å²) in [6, 6.07) is 6.73. The molecule has 1 aliphatic rings. The Morgan fingerprint density at radius 3 is 2.56 bits per heavy atom. The number of hydrogen-bond donors (Lipinski definition) is 0. The maximum absolute atomic E-state index is 11.9. The predicted molar refractivity (Wildman–Crippen MR) is 64.9 cm³/mol. The number of aryl methyl sites for hydroxylation is 1. The Morgan fingerprint density at radius 1 is 1.31 bits per heavy atom. The predicted octanol–water partition coefficient (Wildman–Crippen LogP) is 2.55. The third kappa shape index (κ3) is 2.78. The molecule has 2 rings (SSSR count). The van der Waals surface area contributed by atoms with E-state index in [2.05, 4.69) is 0 Å². The first-order valence-electron chi connectivity index (χ1n) is 5.19. The van der Waals surface area contributed by atoms with Crippen LogP contribution in [0.1, 0.15) is 18.4 Å². The first-order chi connectivity index (χ1) is 7.58. The first kappa shape index (κ1) is 12.0. The van der Waals surface area contributed by atoms with Gasteiger partial charge >= 0.3 is 0 Å². The van der Waals surface area contributed by atoms with Gasteiger partial charge in [0.1, 0.15) is 5.44 Å². The molecule has 1 unspecified atom stereocenters. The molecule has 1 aromatic carbocycles. The summed E-state index contributed by atoms with van der Waals surface area (Å²) in [5.41, 5.74) is 0.834. The molecule has 3 nitrogen and oxygen atoms in total. The van der Waals surface area contributed by atoms with E-state index in [-0.39, 0.29) is 10.3 Å². The molecule has 0 amide bonds. The van der Waals surface area contributed by atoms with Gasteiger partial charge < -0.3 is 0 Å². The highest BCUT2D eigenvalue weighted by atomic mass is 32.2. The lowest BCUT2D eigenvalue weighted by molar-refractivity contribution is 0.288. The second-order valence-electron chi connectivity index (χ2n) is 3.81. The van der Waals surface area contributed by atoms with Gasteiger partial charge in [0.15, 0.2) is 0 Å². The summed E-state index contributed by atoms with van der Waals surface area (Å²) in [6.07, 6.45) is 1.84. The molecular weight excluding hydrogens is 244 g/mol. The van der Waals surface area contributed by atoms with Crippen molar-refractivity contribution in [2.45, 2.75) is 30.1 Å². The second-order valence-corrected chi connectivity index (χ2v) is 6.65. The van der Waals surface area contributed by atoms with Gasteiger partial charge in [-0.05, 0) is 37.7 Å². The standard InChI is InChI=1S/C11H14O3S2/c1-9-4-6-10(7-5-9)16(12,13)14-11-3-2-8-15-11/h4-7,11H,2-3,8H2,1H3. The summed E-state index contributed by atoms with van der Waals surface area (Å²) in [5, 5.41) is 0. The lowest BCUT2D eigenvalue weighted by Crippen LogP contribution is -2.13. The molecule has 0 spiro atoms. The molecule has 0 bridgehead atoms. The highest BCUT2D eigenvalue weighted by Crippen LogP contribution is 2.30. The second kappa shape index (κ2) is 4.77. The minimum absolute atomic E-state index is 0.202. The molecule has 5 heteroatoms. The maximum atomic E-state index is 11.9. The third-order valence-electron chi connectivity index (χ3n) is 2.43. The van der Waals surface area contributed by atoms with E-state index in [1.165, 1.54) is 0 Å². The van der Waals surface area contributed by atoms with Gasteiger partial charge in [0, 0.05) is 0 Å². The van der Waals surface area contributed by atoms with Gasteiger partial charge in [-0.2, -0.15) is 8.42 Å². The van der Waals surface area contributed by atoms with Crippen LogP contribution in [0.15, 0.2) is 29.2 Å². The Morgan fingerprint density at radius 2 is 2.00 bits per heavy atom. The zero-order valence-electron chi connectivity index (χ0n) is 9.05. The molecule has 1 aromatic rings. The molecule has 1 fully saturated rings. The molecule has 88 valence electrons. The van der Waals surface area contributed by atoms with E-state index in [1.807, 2.05) is 6.92 Å². The minimum Gasteiger partial charge on any atom is -0.252 e. The number of benzene rings is 1. The molecule has 1 heterocycles. The van der Waals surface area contributed by atoms with Gasteiger partial charge in [0.05, 0.1) is 4.90 Å². The molecule has 1 atom stereocenters. The Labute approximate surface area is 100 Å². The zero-order chi connectivity index (χ0) is 11.6. The van der Waals surface area contributed by atoms with Gasteiger partial charge in [0.2, 0.25) is 0 Å². The van der Waals surface area contributed by atoms with Crippen molar-refractivity contribution in [1.29, 1.82) is 0 Å². The smallest absolute Gasteiger partial charge is 0.252 e. The van der Waals surface area contributed by atoms with E-state index in [4.69, 9.17) is 4.18 Å². The largest absolute Gasteiger partial charge is 0.298 e. The van der Waals surface area contributed by atoms with Gasteiger partial charge in [-0.15, -0.1) is 11.8 Å². The van der Waals surface area contributed by atoms with E-state index in [9.17, 15) is 8.42 Å². The fourth-order valence-corrected chi connectivity index (χ4v) is 3.95. The average Bonchev–Trinajstić information content (AvgIpc) is 2.70. The quantitative estimate of drug-likeness (QED) is 0.782. The van der Waals surface area contributed by atoms with E-state index in [0.29, 0.717) is 0 Å². The molecule has 1 saturated heterocycles. The maximum Gasteiger partial charge on any atom is 0.298 e. The summed E-state index contributed by atoms with van der Waals surface area (Å²) in [7, 11) is -3.58. The first-order valence-corrected chi connectivity index (χ1v) is 7.65. The Bertz CT molecular complexity index is 445. The highest BCUT2D eigenvalue weighted by Gasteiger charge is 2.24. The Kier molecular flexibility index (Phi) is 3.56. The number of thioether (sulfide) groups is 1. The van der Waals surface area contributed by atoms with Crippen LogP contribution in [0.5, 0.6) is 0 Å². The highest BCUT2D eigenvalue weighted by molar-refractivity contribution is 8.00. The molecule has 0 aromatic heterocycles. The summed E-state index contributed by atoms with van der Waals surface area (Å²) < 4.78 is 28.9. The van der Waals surface area contributed by atoms with Gasteiger partial charge in [-0.25, -0.2) is 0 Å². The summed E-state index contributed by atoms with van der Waals surface area (Å²) in [4.78, 5) is 0.241. The van der Waals surface area contributed by atoms with Crippen molar-refractivity contribution < 1.29 is 12.6 Å². The zero-order valence-corrected chi connectivity index (χ0v) is 10.7. The van der Waals surface area contributed by atoms with E-state index >= 15 is 0 Å². The summed E-state index contributed by atoms with van der Waals surface area (Å²) >= 11 is 1.57. The van der Waals surface area contributed by atoms with Crippen molar-refractivity contribution in [3.05, 3.63) is 29.8 Å². The van der Waals surface area contributed by atoms with Crippen LogP contribution in [0.25, 0.3) is 0 Å². The van der Waals surface area contributed by atoms with Gasteiger partial charge in [-0.1, -0.05) is 17.7 Å². The SMILES string of the molecule is Cc1ccc(S(=O)(=O)OC2CCCS2)cc1. The van der Waals surface area contributed by atoms with Crippen LogP contribution in [0.4, 0.5) is 0 Å². The molecule has 0 radical (unpaired) electrons. The van der Waals surface area contributed by atoms with Crippen molar-refractivity contribution in [2.75, 3.05) is 5.75 Å². The van der Waals surface area contributed by atoms with Crippen LogP contribution in [-0.2, 0) is 14.3 Å². The van der Waals surface area contributed by atoms with Crippen LogP contribution in [-0.4, -0.2) is 19.6 Å². The van der Waals surface area contributed by atoms with E-state index in [0.717, 1.165) is 24.2 Å². The Balaban J connectivity index is 2.14. The lowest BCUT2D eigenvalue weighted by Gasteiger charge is -2.10. The summed E-state index contributed by atoms with van der Waals surface area (Å²) in [5.74, 6) is 0.980. The normalized spacial score (nSPS) is 21.2. The van der Waals surface area contributed by atoms with Crippen LogP contribution in [0.2, 0.25) is 0 Å². The van der Waals surface area contributed by atoms with Gasteiger partial charge in [-0.3, -0.25) is 4.18 Å². The third-order valence-corrected chi connectivity index (χ3v) is 5.12. The molecule has 0 saturated carbocycles. The van der Waals surface area contributed by atoms with Crippen LogP contribution < -0.4 is 0 Å². The fraction of sp³-hybridized carbons (Fsp3) is 0.455. The molecule has 16 heavy (non-hydrogen) atoms. The molecular formula is C11H14O3S2. The van der Waals surface area contributed by atoms with Crippen LogP contribution in [0, 0.1) is 6.92 Å². The van der Waals surface area contributed by atoms with Crippen molar-refractivity contribution in [3.63, 3.8) is 0 Å². The van der Waals surface area contributed by atoms with Crippen molar-refractivity contribution in [2.24, 2.45) is 0 Å². The van der Waals surface area contributed by atoms with Crippen LogP contribution >= 0.6 is 11.8 Å². The van der Waals surface area contributed by atoms with Crippen molar-refractivity contribution >= 4 is 21.9 Å². The fourth-order valence-electron chi connectivity index (χ4n) is 1.53. The van der Waals surface area contributed by atoms with Crippen molar-refractivity contribution in [1.82, 2.24) is 0 Å². The molecule has 0 aliphatic carbocycles. The molecule has 0 N–H and O–H groups in total. The lowest BCUT2D eigenvalue weighted by atomic mass is 10.2. The van der Waals surface area contributed by atoms with Gasteiger partial charge in [0.25, 0.3) is 10.1 Å². The van der Waals surface area contributed by atoms with E-state index in [1.54, 1.807) is 36.0 Å². The Hall–Kier alpha value is -0.520. The average molecular weight is 258 g/mol. The molecule has 1 aliphatic heterocycles. The van der Waals surface area contributed by atoms with Crippen LogP contribution in [0.3, 0.4) is 0 Å². The van der Waals surface area contributed by atoms with E-state index < -0.39 is 10.1 Å². The number of hydrogen-bond acceptors (Lipinski definition) is 4. The van der Waals surface area contributed by atoms with Crippen molar-refractivity contribution in [3.8, 4) is 0 Å². The minimum atomic E-state index is -3.58. The monoisotopic (exact) mass is 258 g/mol.